The third-order valence-corrected chi connectivity index (χ3v) is 6.47. The van der Waals surface area contributed by atoms with Crippen molar-refractivity contribution in [1.29, 1.82) is 0 Å². The second-order valence-corrected chi connectivity index (χ2v) is 8.49. The highest BCUT2D eigenvalue weighted by atomic mass is 16.5. The number of fused-ring (bicyclic) bond motifs is 2. The molecule has 1 atom stereocenters. The number of Topliss-reactive ketones (excluding diaryl/α,β-unsaturated/α-hetero) is 1. The molecule has 35 heavy (non-hydrogen) atoms. The molecule has 0 saturated carbocycles. The quantitative estimate of drug-likeness (QED) is 0.391. The number of ether oxygens (including phenoxy) is 4. The SMILES string of the molecule is COCc1nn2cc3c(nc2c1-c1ccc(OC)cc1)CC(c1ccc(OC)cc1OC)CC3=O. The fourth-order valence-corrected chi connectivity index (χ4v) is 4.75. The van der Waals surface area contributed by atoms with Gasteiger partial charge in [-0.1, -0.05) is 18.2 Å². The van der Waals surface area contributed by atoms with Crippen LogP contribution in [-0.4, -0.2) is 48.8 Å². The zero-order valence-electron chi connectivity index (χ0n) is 20.2. The van der Waals surface area contributed by atoms with Crippen LogP contribution < -0.4 is 14.2 Å². The van der Waals surface area contributed by atoms with Gasteiger partial charge in [0.1, 0.15) is 17.2 Å². The standard InChI is InChI=1S/C27H27N3O5/c1-32-15-23-26(16-5-7-18(33-2)8-6-16)27-28-22-11-17(12-24(31)21(22)14-30(27)29-23)20-10-9-19(34-3)13-25(20)35-4/h5-10,13-14,17H,11-12,15H2,1-4H3. The van der Waals surface area contributed by atoms with Crippen LogP contribution in [0.4, 0.5) is 0 Å². The lowest BCUT2D eigenvalue weighted by Crippen LogP contribution is -2.21. The summed E-state index contributed by atoms with van der Waals surface area (Å²) in [7, 11) is 6.52. The Hall–Kier alpha value is -3.91. The number of methoxy groups -OCH3 is 4. The number of aromatic nitrogens is 3. The number of carbonyl (C=O) groups excluding carboxylic acids is 1. The van der Waals surface area contributed by atoms with E-state index in [2.05, 4.69) is 0 Å². The Kier molecular flexibility index (Phi) is 6.13. The van der Waals surface area contributed by atoms with E-state index in [1.165, 1.54) is 0 Å². The summed E-state index contributed by atoms with van der Waals surface area (Å²) in [5.41, 5.74) is 5.62. The van der Waals surface area contributed by atoms with E-state index in [0.29, 0.717) is 42.2 Å². The van der Waals surface area contributed by atoms with E-state index in [1.54, 1.807) is 39.2 Å². The highest BCUT2D eigenvalue weighted by molar-refractivity contribution is 5.99. The summed E-state index contributed by atoms with van der Waals surface area (Å²) in [6.07, 6.45) is 2.79. The summed E-state index contributed by atoms with van der Waals surface area (Å²) in [4.78, 5) is 18.2. The molecule has 0 spiro atoms. The molecule has 1 aliphatic carbocycles. The van der Waals surface area contributed by atoms with Crippen molar-refractivity contribution < 1.29 is 23.7 Å². The van der Waals surface area contributed by atoms with E-state index >= 15 is 0 Å². The van der Waals surface area contributed by atoms with Crippen molar-refractivity contribution in [1.82, 2.24) is 14.6 Å². The fourth-order valence-electron chi connectivity index (χ4n) is 4.75. The van der Waals surface area contributed by atoms with E-state index in [0.717, 1.165) is 33.8 Å². The molecule has 2 heterocycles. The topological polar surface area (TPSA) is 84.2 Å². The Morgan fingerprint density at radius 3 is 2.37 bits per heavy atom. The fraction of sp³-hybridized carbons (Fsp3) is 0.296. The van der Waals surface area contributed by atoms with Crippen LogP contribution in [0.3, 0.4) is 0 Å². The lowest BCUT2D eigenvalue weighted by molar-refractivity contribution is 0.0962. The molecule has 0 bridgehead atoms. The molecule has 1 unspecified atom stereocenters. The molecule has 8 heteroatoms. The minimum absolute atomic E-state index is 0.0401. The van der Waals surface area contributed by atoms with Crippen molar-refractivity contribution in [2.24, 2.45) is 0 Å². The number of ketones is 1. The molecule has 0 N–H and O–H groups in total. The van der Waals surface area contributed by atoms with E-state index in [9.17, 15) is 4.79 Å². The summed E-state index contributed by atoms with van der Waals surface area (Å²) < 4.78 is 23.4. The van der Waals surface area contributed by atoms with Gasteiger partial charge in [-0.25, -0.2) is 9.50 Å². The van der Waals surface area contributed by atoms with Crippen molar-refractivity contribution in [2.45, 2.75) is 25.4 Å². The number of nitrogens with zero attached hydrogens (tertiary/aromatic N) is 3. The number of hydrogen-bond acceptors (Lipinski definition) is 7. The number of hydrogen-bond donors (Lipinski definition) is 0. The monoisotopic (exact) mass is 473 g/mol. The van der Waals surface area contributed by atoms with Crippen LogP contribution in [0.5, 0.6) is 17.2 Å². The minimum Gasteiger partial charge on any atom is -0.497 e. The van der Waals surface area contributed by atoms with Crippen molar-refractivity contribution in [3.8, 4) is 28.4 Å². The molecular weight excluding hydrogens is 446 g/mol. The van der Waals surface area contributed by atoms with Gasteiger partial charge in [0.2, 0.25) is 0 Å². The smallest absolute Gasteiger partial charge is 0.166 e. The van der Waals surface area contributed by atoms with Gasteiger partial charge < -0.3 is 18.9 Å². The van der Waals surface area contributed by atoms with Crippen molar-refractivity contribution in [2.75, 3.05) is 28.4 Å². The van der Waals surface area contributed by atoms with Gasteiger partial charge in [-0.3, -0.25) is 4.79 Å². The van der Waals surface area contributed by atoms with Crippen LogP contribution in [0.25, 0.3) is 16.8 Å². The van der Waals surface area contributed by atoms with E-state index < -0.39 is 0 Å². The third kappa shape index (κ3) is 4.10. The second kappa shape index (κ2) is 9.38. The molecular formula is C27H27N3O5. The summed E-state index contributed by atoms with van der Waals surface area (Å²) in [5.74, 6) is 2.18. The lowest BCUT2D eigenvalue weighted by Gasteiger charge is -2.25. The van der Waals surface area contributed by atoms with Crippen molar-refractivity contribution >= 4 is 11.4 Å². The van der Waals surface area contributed by atoms with Crippen LogP contribution in [0.15, 0.2) is 48.7 Å². The molecule has 2 aromatic heterocycles. The van der Waals surface area contributed by atoms with Gasteiger partial charge in [0.05, 0.1) is 50.5 Å². The van der Waals surface area contributed by atoms with Crippen molar-refractivity contribution in [3.05, 3.63) is 71.2 Å². The minimum atomic E-state index is -0.0448. The van der Waals surface area contributed by atoms with Crippen LogP contribution in [0, 0.1) is 0 Å². The Morgan fingerprint density at radius 1 is 0.943 bits per heavy atom. The lowest BCUT2D eigenvalue weighted by atomic mass is 9.81. The summed E-state index contributed by atoms with van der Waals surface area (Å²) in [6.45, 7) is 0.328. The van der Waals surface area contributed by atoms with Crippen LogP contribution in [-0.2, 0) is 17.8 Å². The predicted octanol–water partition coefficient (Wildman–Crippen LogP) is 4.48. The zero-order chi connectivity index (χ0) is 24.5. The molecule has 8 nitrogen and oxygen atoms in total. The molecule has 0 radical (unpaired) electrons. The summed E-state index contributed by atoms with van der Waals surface area (Å²) in [5, 5.41) is 4.70. The molecule has 0 saturated heterocycles. The van der Waals surface area contributed by atoms with E-state index in [1.807, 2.05) is 42.5 Å². The summed E-state index contributed by atoms with van der Waals surface area (Å²) >= 11 is 0. The van der Waals surface area contributed by atoms with Crippen LogP contribution >= 0.6 is 0 Å². The van der Waals surface area contributed by atoms with E-state index in [-0.39, 0.29) is 11.7 Å². The molecule has 0 amide bonds. The molecule has 0 fully saturated rings. The highest BCUT2D eigenvalue weighted by Crippen LogP contribution is 2.39. The maximum Gasteiger partial charge on any atom is 0.166 e. The molecule has 5 rings (SSSR count). The van der Waals surface area contributed by atoms with Gasteiger partial charge in [0.15, 0.2) is 11.4 Å². The van der Waals surface area contributed by atoms with Gasteiger partial charge in [0.25, 0.3) is 0 Å². The van der Waals surface area contributed by atoms with Crippen LogP contribution in [0.2, 0.25) is 0 Å². The Morgan fingerprint density at radius 2 is 1.69 bits per heavy atom. The van der Waals surface area contributed by atoms with E-state index in [4.69, 9.17) is 29.0 Å². The third-order valence-electron chi connectivity index (χ3n) is 6.47. The van der Waals surface area contributed by atoms with Gasteiger partial charge in [-0.05, 0) is 35.7 Å². The second-order valence-electron chi connectivity index (χ2n) is 8.49. The maximum atomic E-state index is 13.2. The molecule has 180 valence electrons. The molecule has 1 aliphatic rings. The van der Waals surface area contributed by atoms with Gasteiger partial charge in [-0.2, -0.15) is 5.10 Å². The normalized spacial score (nSPS) is 15.2. The van der Waals surface area contributed by atoms with Crippen LogP contribution in [0.1, 0.15) is 39.6 Å². The van der Waals surface area contributed by atoms with Crippen molar-refractivity contribution in [3.63, 3.8) is 0 Å². The maximum absolute atomic E-state index is 13.2. The Labute approximate surface area is 203 Å². The number of carbonyl (C=O) groups is 1. The Bertz CT molecular complexity index is 1390. The number of rotatable bonds is 7. The molecule has 2 aromatic carbocycles. The predicted molar refractivity (Wildman–Crippen MR) is 131 cm³/mol. The summed E-state index contributed by atoms with van der Waals surface area (Å²) in [6, 6.07) is 13.5. The van der Waals surface area contributed by atoms with Gasteiger partial charge in [-0.15, -0.1) is 0 Å². The first-order chi connectivity index (χ1) is 17.1. The van der Waals surface area contributed by atoms with Gasteiger partial charge >= 0.3 is 0 Å². The first kappa shape index (κ1) is 22.9. The molecule has 4 aromatic rings. The highest BCUT2D eigenvalue weighted by Gasteiger charge is 2.31. The van der Waals surface area contributed by atoms with Gasteiger partial charge in [0, 0.05) is 31.7 Å². The first-order valence-corrected chi connectivity index (χ1v) is 11.4. The largest absolute Gasteiger partial charge is 0.497 e. The Balaban J connectivity index is 1.61. The number of benzene rings is 2. The first-order valence-electron chi connectivity index (χ1n) is 11.4. The molecule has 0 aliphatic heterocycles. The average molecular weight is 474 g/mol. The average Bonchev–Trinajstić information content (AvgIpc) is 3.24. The zero-order valence-corrected chi connectivity index (χ0v) is 20.2.